The SMILES string of the molecule is N#Cc1ccc(N(c2ccc(C#N)cc2)c2ccc(C#N)cc2)cc1. The van der Waals surface area contributed by atoms with Gasteiger partial charge in [-0.15, -0.1) is 0 Å². The number of hydrogen-bond donors (Lipinski definition) is 0. The van der Waals surface area contributed by atoms with Gasteiger partial charge in [0.2, 0.25) is 0 Å². The Balaban J connectivity index is 2.10. The van der Waals surface area contributed by atoms with Crippen LogP contribution in [0.2, 0.25) is 0 Å². The molecule has 3 rings (SSSR count). The van der Waals surface area contributed by atoms with Gasteiger partial charge in [0.25, 0.3) is 0 Å². The number of hydrogen-bond acceptors (Lipinski definition) is 4. The van der Waals surface area contributed by atoms with Gasteiger partial charge in [-0.05, 0) is 72.8 Å². The lowest BCUT2D eigenvalue weighted by Gasteiger charge is -2.25. The third-order valence-electron chi connectivity index (χ3n) is 3.76. The Morgan fingerprint density at radius 3 is 0.880 bits per heavy atom. The summed E-state index contributed by atoms with van der Waals surface area (Å²) in [6, 6.07) is 28.1. The zero-order valence-corrected chi connectivity index (χ0v) is 13.2. The first-order chi connectivity index (χ1) is 12.2. The molecule has 0 aliphatic carbocycles. The van der Waals surface area contributed by atoms with E-state index < -0.39 is 0 Å². The van der Waals surface area contributed by atoms with Crippen LogP contribution in [-0.2, 0) is 0 Å². The maximum absolute atomic E-state index is 8.99. The van der Waals surface area contributed by atoms with Gasteiger partial charge in [0.15, 0.2) is 0 Å². The number of rotatable bonds is 3. The van der Waals surface area contributed by atoms with Crippen molar-refractivity contribution in [2.45, 2.75) is 0 Å². The first-order valence-electron chi connectivity index (χ1n) is 7.56. The highest BCUT2D eigenvalue weighted by Gasteiger charge is 2.12. The number of anilines is 3. The van der Waals surface area contributed by atoms with Crippen molar-refractivity contribution in [2.24, 2.45) is 0 Å². The smallest absolute Gasteiger partial charge is 0.0991 e. The summed E-state index contributed by atoms with van der Waals surface area (Å²) in [6.45, 7) is 0. The van der Waals surface area contributed by atoms with Crippen molar-refractivity contribution in [1.82, 2.24) is 0 Å². The molecule has 116 valence electrons. The minimum absolute atomic E-state index is 0.586. The van der Waals surface area contributed by atoms with Crippen LogP contribution in [0.15, 0.2) is 72.8 Å². The fraction of sp³-hybridized carbons (Fsp3) is 0. The summed E-state index contributed by atoms with van der Waals surface area (Å²) in [6.07, 6.45) is 0. The molecule has 0 unspecified atom stereocenters. The minimum atomic E-state index is 0.586. The van der Waals surface area contributed by atoms with E-state index in [4.69, 9.17) is 15.8 Å². The highest BCUT2D eigenvalue weighted by molar-refractivity contribution is 5.77. The van der Waals surface area contributed by atoms with E-state index >= 15 is 0 Å². The summed E-state index contributed by atoms with van der Waals surface area (Å²) in [5.74, 6) is 0. The molecule has 0 amide bonds. The molecule has 4 nitrogen and oxygen atoms in total. The molecule has 0 atom stereocenters. The van der Waals surface area contributed by atoms with Crippen LogP contribution in [0.5, 0.6) is 0 Å². The van der Waals surface area contributed by atoms with Crippen LogP contribution in [0.25, 0.3) is 0 Å². The van der Waals surface area contributed by atoms with Crippen molar-refractivity contribution in [3.8, 4) is 18.2 Å². The lowest BCUT2D eigenvalue weighted by atomic mass is 10.1. The highest BCUT2D eigenvalue weighted by Crippen LogP contribution is 2.34. The fourth-order valence-electron chi connectivity index (χ4n) is 2.50. The molecule has 0 fully saturated rings. The molecule has 0 aromatic heterocycles. The van der Waals surface area contributed by atoms with E-state index in [-0.39, 0.29) is 0 Å². The Hall–Kier alpha value is -4.07. The monoisotopic (exact) mass is 320 g/mol. The zero-order valence-electron chi connectivity index (χ0n) is 13.2. The maximum Gasteiger partial charge on any atom is 0.0991 e. The summed E-state index contributed by atoms with van der Waals surface area (Å²) in [5.41, 5.74) is 4.41. The topological polar surface area (TPSA) is 74.6 Å². The van der Waals surface area contributed by atoms with Crippen molar-refractivity contribution in [1.29, 1.82) is 15.8 Å². The van der Waals surface area contributed by atoms with Gasteiger partial charge in [-0.3, -0.25) is 0 Å². The molecule has 0 aliphatic heterocycles. The van der Waals surface area contributed by atoms with Crippen LogP contribution in [-0.4, -0.2) is 0 Å². The summed E-state index contributed by atoms with van der Waals surface area (Å²) in [7, 11) is 0. The molecule has 25 heavy (non-hydrogen) atoms. The molecule has 3 aromatic rings. The Morgan fingerprint density at radius 2 is 0.680 bits per heavy atom. The van der Waals surface area contributed by atoms with Gasteiger partial charge in [0.05, 0.1) is 34.9 Å². The second-order valence-electron chi connectivity index (χ2n) is 5.31. The third-order valence-corrected chi connectivity index (χ3v) is 3.76. The zero-order chi connectivity index (χ0) is 17.6. The Morgan fingerprint density at radius 1 is 0.440 bits per heavy atom. The molecule has 0 N–H and O–H groups in total. The first kappa shape index (κ1) is 15.8. The normalized spacial score (nSPS) is 9.48. The summed E-state index contributed by atoms with van der Waals surface area (Å²) < 4.78 is 0. The average molecular weight is 320 g/mol. The molecule has 0 saturated heterocycles. The molecule has 0 saturated carbocycles. The van der Waals surface area contributed by atoms with Gasteiger partial charge in [0, 0.05) is 17.1 Å². The Bertz CT molecular complexity index is 860. The molecule has 0 aliphatic rings. The lowest BCUT2D eigenvalue weighted by Crippen LogP contribution is -2.09. The fourth-order valence-corrected chi connectivity index (χ4v) is 2.50. The van der Waals surface area contributed by atoms with E-state index in [0.29, 0.717) is 16.7 Å². The number of nitrogens with zero attached hydrogens (tertiary/aromatic N) is 4. The van der Waals surface area contributed by atoms with Crippen molar-refractivity contribution in [3.05, 3.63) is 89.5 Å². The summed E-state index contributed by atoms with van der Waals surface area (Å²) in [4.78, 5) is 2.00. The second kappa shape index (κ2) is 7.01. The second-order valence-corrected chi connectivity index (χ2v) is 5.31. The molecule has 0 spiro atoms. The van der Waals surface area contributed by atoms with Gasteiger partial charge in [-0.2, -0.15) is 15.8 Å². The van der Waals surface area contributed by atoms with Crippen molar-refractivity contribution in [3.63, 3.8) is 0 Å². The average Bonchev–Trinajstić information content (AvgIpc) is 2.70. The van der Waals surface area contributed by atoms with Crippen LogP contribution in [0, 0.1) is 34.0 Å². The Kier molecular flexibility index (Phi) is 4.43. The first-order valence-corrected chi connectivity index (χ1v) is 7.56. The van der Waals surface area contributed by atoms with Crippen molar-refractivity contribution < 1.29 is 0 Å². The van der Waals surface area contributed by atoms with E-state index in [9.17, 15) is 0 Å². The predicted molar refractivity (Wildman–Crippen MR) is 95.3 cm³/mol. The van der Waals surface area contributed by atoms with E-state index in [1.807, 2.05) is 41.3 Å². The van der Waals surface area contributed by atoms with Crippen LogP contribution in [0.3, 0.4) is 0 Å². The van der Waals surface area contributed by atoms with E-state index in [0.717, 1.165) is 17.1 Å². The quantitative estimate of drug-likeness (QED) is 0.696. The van der Waals surface area contributed by atoms with Gasteiger partial charge in [-0.25, -0.2) is 0 Å². The molecular weight excluding hydrogens is 308 g/mol. The molecule has 4 heteroatoms. The Labute approximate surface area is 146 Å². The predicted octanol–water partition coefficient (Wildman–Crippen LogP) is 4.77. The minimum Gasteiger partial charge on any atom is -0.311 e. The molecule has 0 heterocycles. The van der Waals surface area contributed by atoms with Crippen LogP contribution >= 0.6 is 0 Å². The summed E-state index contributed by atoms with van der Waals surface area (Å²) in [5, 5.41) is 27.0. The van der Waals surface area contributed by atoms with Gasteiger partial charge < -0.3 is 4.90 Å². The van der Waals surface area contributed by atoms with E-state index in [2.05, 4.69) is 18.2 Å². The van der Waals surface area contributed by atoms with Crippen LogP contribution in [0.1, 0.15) is 16.7 Å². The standard InChI is InChI=1S/C21H12N4/c22-13-16-1-7-19(8-2-16)25(20-9-3-17(14-23)4-10-20)21-11-5-18(15-24)6-12-21/h1-12H. The van der Waals surface area contributed by atoms with Gasteiger partial charge >= 0.3 is 0 Å². The number of nitriles is 3. The molecule has 0 radical (unpaired) electrons. The van der Waals surface area contributed by atoms with Gasteiger partial charge in [-0.1, -0.05) is 0 Å². The molecule has 0 bridgehead atoms. The maximum atomic E-state index is 8.99. The van der Waals surface area contributed by atoms with Gasteiger partial charge in [0.1, 0.15) is 0 Å². The van der Waals surface area contributed by atoms with Crippen molar-refractivity contribution in [2.75, 3.05) is 4.90 Å². The van der Waals surface area contributed by atoms with E-state index in [1.165, 1.54) is 0 Å². The third kappa shape index (κ3) is 3.32. The molecular formula is C21H12N4. The lowest BCUT2D eigenvalue weighted by molar-refractivity contribution is 1.27. The summed E-state index contributed by atoms with van der Waals surface area (Å²) >= 11 is 0. The van der Waals surface area contributed by atoms with Crippen LogP contribution in [0.4, 0.5) is 17.1 Å². The largest absolute Gasteiger partial charge is 0.311 e. The number of benzene rings is 3. The van der Waals surface area contributed by atoms with E-state index in [1.54, 1.807) is 36.4 Å². The highest BCUT2D eigenvalue weighted by atomic mass is 15.1. The molecule has 3 aromatic carbocycles. The van der Waals surface area contributed by atoms with Crippen molar-refractivity contribution >= 4 is 17.1 Å². The van der Waals surface area contributed by atoms with Crippen LogP contribution < -0.4 is 4.90 Å².